The zero-order chi connectivity index (χ0) is 10.1. The van der Waals surface area contributed by atoms with Crippen LogP contribution in [0, 0.1) is 12.7 Å². The van der Waals surface area contributed by atoms with Gasteiger partial charge in [-0.15, -0.1) is 0 Å². The molecule has 0 aliphatic carbocycles. The molecule has 14 heavy (non-hydrogen) atoms. The number of phenolic OH excluding ortho intramolecular Hbond substituents is 1. The Labute approximate surface area is 82.8 Å². The highest BCUT2D eigenvalue weighted by Gasteiger charge is 2.18. The van der Waals surface area contributed by atoms with E-state index >= 15 is 0 Å². The summed E-state index contributed by atoms with van der Waals surface area (Å²) < 4.78 is 13.1. The lowest BCUT2D eigenvalue weighted by Gasteiger charge is -2.11. The third kappa shape index (κ3) is 1.60. The van der Waals surface area contributed by atoms with Gasteiger partial charge >= 0.3 is 0 Å². The highest BCUT2D eigenvalue weighted by atomic mass is 19.1. The maximum Gasteiger partial charge on any atom is 0.167 e. The van der Waals surface area contributed by atoms with E-state index in [1.165, 1.54) is 0 Å². The molecular formula is C11H14FNO. The topological polar surface area (TPSA) is 32.3 Å². The zero-order valence-electron chi connectivity index (χ0n) is 8.18. The third-order valence-corrected chi connectivity index (χ3v) is 2.79. The molecule has 0 amide bonds. The van der Waals surface area contributed by atoms with Crippen molar-refractivity contribution in [2.24, 2.45) is 0 Å². The Hall–Kier alpha value is -1.09. The van der Waals surface area contributed by atoms with Crippen molar-refractivity contribution >= 4 is 0 Å². The van der Waals surface area contributed by atoms with Crippen molar-refractivity contribution < 1.29 is 9.50 Å². The van der Waals surface area contributed by atoms with E-state index in [0.29, 0.717) is 11.5 Å². The predicted molar refractivity (Wildman–Crippen MR) is 53.0 cm³/mol. The summed E-state index contributed by atoms with van der Waals surface area (Å²) in [5.74, 6) is -0.313. The number of aryl methyl sites for hydroxylation is 1. The molecule has 1 heterocycles. The van der Waals surface area contributed by atoms with E-state index in [-0.39, 0.29) is 5.75 Å². The van der Waals surface area contributed by atoms with Crippen LogP contribution in [0.4, 0.5) is 4.39 Å². The van der Waals surface area contributed by atoms with E-state index in [0.717, 1.165) is 25.1 Å². The second-order valence-corrected chi connectivity index (χ2v) is 3.86. The van der Waals surface area contributed by atoms with Crippen LogP contribution in [0.5, 0.6) is 5.75 Å². The van der Waals surface area contributed by atoms with E-state index in [2.05, 4.69) is 5.32 Å². The van der Waals surface area contributed by atoms with Crippen LogP contribution in [-0.2, 0) is 0 Å². The number of nitrogens with one attached hydrogen (secondary N) is 1. The molecule has 1 fully saturated rings. The number of hydrogen-bond acceptors (Lipinski definition) is 2. The van der Waals surface area contributed by atoms with Crippen LogP contribution in [0.15, 0.2) is 12.1 Å². The molecule has 76 valence electrons. The second-order valence-electron chi connectivity index (χ2n) is 3.86. The summed E-state index contributed by atoms with van der Waals surface area (Å²) in [5, 5.41) is 12.6. The average Bonchev–Trinajstić information content (AvgIpc) is 2.66. The van der Waals surface area contributed by atoms with Gasteiger partial charge in [0.05, 0.1) is 0 Å². The summed E-state index contributed by atoms with van der Waals surface area (Å²) in [6, 6.07) is 3.37. The first-order valence-electron chi connectivity index (χ1n) is 4.88. The maximum atomic E-state index is 13.1. The van der Waals surface area contributed by atoms with Gasteiger partial charge in [-0.1, -0.05) is 6.07 Å². The Kier molecular flexibility index (Phi) is 2.42. The smallest absolute Gasteiger partial charge is 0.167 e. The monoisotopic (exact) mass is 195 g/mol. The van der Waals surface area contributed by atoms with Crippen molar-refractivity contribution in [1.82, 2.24) is 5.32 Å². The molecule has 1 aliphatic rings. The van der Waals surface area contributed by atoms with Crippen molar-refractivity contribution in [2.45, 2.75) is 19.3 Å². The second kappa shape index (κ2) is 3.58. The lowest BCUT2D eigenvalue weighted by molar-refractivity contribution is 0.428. The molecule has 0 saturated carbocycles. The van der Waals surface area contributed by atoms with E-state index in [1.807, 2.05) is 6.07 Å². The maximum absolute atomic E-state index is 13.1. The molecule has 1 atom stereocenters. The molecule has 0 bridgehead atoms. The Balaban J connectivity index is 2.34. The Morgan fingerprint density at radius 3 is 2.86 bits per heavy atom. The van der Waals surface area contributed by atoms with Crippen LogP contribution in [0.1, 0.15) is 23.5 Å². The number of halogens is 1. The van der Waals surface area contributed by atoms with Crippen molar-refractivity contribution in [2.75, 3.05) is 13.1 Å². The van der Waals surface area contributed by atoms with Crippen molar-refractivity contribution in [3.05, 3.63) is 29.1 Å². The van der Waals surface area contributed by atoms with Crippen molar-refractivity contribution in [3.8, 4) is 5.75 Å². The summed E-state index contributed by atoms with van der Waals surface area (Å²) in [6.07, 6.45) is 1.06. The van der Waals surface area contributed by atoms with Gasteiger partial charge in [0.15, 0.2) is 11.6 Å². The third-order valence-electron chi connectivity index (χ3n) is 2.79. The first kappa shape index (κ1) is 9.46. The van der Waals surface area contributed by atoms with E-state index in [9.17, 15) is 9.50 Å². The van der Waals surface area contributed by atoms with E-state index < -0.39 is 5.82 Å². The SMILES string of the molecule is Cc1cc(C2CCNC2)cc(O)c1F. The first-order chi connectivity index (χ1) is 6.68. The van der Waals surface area contributed by atoms with Gasteiger partial charge < -0.3 is 10.4 Å². The molecule has 2 nitrogen and oxygen atoms in total. The highest BCUT2D eigenvalue weighted by Crippen LogP contribution is 2.28. The Morgan fingerprint density at radius 1 is 1.50 bits per heavy atom. The first-order valence-corrected chi connectivity index (χ1v) is 4.88. The Bertz CT molecular complexity index is 322. The van der Waals surface area contributed by atoms with Crippen LogP contribution in [0.2, 0.25) is 0 Å². The quantitative estimate of drug-likeness (QED) is 0.717. The minimum atomic E-state index is -0.500. The number of phenols is 1. The van der Waals surface area contributed by atoms with E-state index in [4.69, 9.17) is 0 Å². The fourth-order valence-corrected chi connectivity index (χ4v) is 1.95. The van der Waals surface area contributed by atoms with Crippen molar-refractivity contribution in [1.29, 1.82) is 0 Å². The molecular weight excluding hydrogens is 181 g/mol. The Morgan fingerprint density at radius 2 is 2.29 bits per heavy atom. The lowest BCUT2D eigenvalue weighted by atomic mass is 9.96. The minimum absolute atomic E-state index is 0.230. The number of aromatic hydroxyl groups is 1. The van der Waals surface area contributed by atoms with Crippen LogP contribution < -0.4 is 5.32 Å². The fourth-order valence-electron chi connectivity index (χ4n) is 1.95. The molecule has 1 aromatic rings. The number of hydrogen-bond donors (Lipinski definition) is 2. The van der Waals surface area contributed by atoms with Crippen molar-refractivity contribution in [3.63, 3.8) is 0 Å². The highest BCUT2D eigenvalue weighted by molar-refractivity contribution is 5.37. The zero-order valence-corrected chi connectivity index (χ0v) is 8.18. The normalized spacial score (nSPS) is 21.4. The van der Waals surface area contributed by atoms with Crippen LogP contribution in [0.25, 0.3) is 0 Å². The van der Waals surface area contributed by atoms with Gasteiger partial charge in [0.25, 0.3) is 0 Å². The fraction of sp³-hybridized carbons (Fsp3) is 0.455. The van der Waals surface area contributed by atoms with Gasteiger partial charge in [-0.25, -0.2) is 4.39 Å². The van der Waals surface area contributed by atoms with Gasteiger partial charge in [0.1, 0.15) is 0 Å². The largest absolute Gasteiger partial charge is 0.505 e. The predicted octanol–water partition coefficient (Wildman–Crippen LogP) is 1.92. The summed E-state index contributed by atoms with van der Waals surface area (Å²) in [7, 11) is 0. The molecule has 1 unspecified atom stereocenters. The van der Waals surface area contributed by atoms with Gasteiger partial charge in [0, 0.05) is 6.54 Å². The molecule has 0 spiro atoms. The molecule has 1 aliphatic heterocycles. The molecule has 0 radical (unpaired) electrons. The summed E-state index contributed by atoms with van der Waals surface area (Å²) in [4.78, 5) is 0. The molecule has 0 aromatic heterocycles. The van der Waals surface area contributed by atoms with Gasteiger partial charge in [-0.3, -0.25) is 0 Å². The van der Waals surface area contributed by atoms with Crippen LogP contribution in [-0.4, -0.2) is 18.2 Å². The molecule has 3 heteroatoms. The minimum Gasteiger partial charge on any atom is -0.505 e. The van der Waals surface area contributed by atoms with E-state index in [1.54, 1.807) is 13.0 Å². The van der Waals surface area contributed by atoms with Gasteiger partial charge in [-0.05, 0) is 43.0 Å². The molecule has 2 rings (SSSR count). The van der Waals surface area contributed by atoms with Crippen LogP contribution >= 0.6 is 0 Å². The lowest BCUT2D eigenvalue weighted by Crippen LogP contribution is -2.08. The molecule has 2 N–H and O–H groups in total. The summed E-state index contributed by atoms with van der Waals surface area (Å²) in [6.45, 7) is 3.60. The summed E-state index contributed by atoms with van der Waals surface area (Å²) >= 11 is 0. The number of rotatable bonds is 1. The van der Waals surface area contributed by atoms with Crippen LogP contribution in [0.3, 0.4) is 0 Å². The van der Waals surface area contributed by atoms with Gasteiger partial charge in [-0.2, -0.15) is 0 Å². The number of benzene rings is 1. The standard InChI is InChI=1S/C11H14FNO/c1-7-4-9(5-10(14)11(7)12)8-2-3-13-6-8/h4-5,8,13-14H,2-3,6H2,1H3. The van der Waals surface area contributed by atoms with Gasteiger partial charge in [0.2, 0.25) is 0 Å². The summed E-state index contributed by atoms with van der Waals surface area (Å²) in [5.41, 5.74) is 1.55. The molecule has 1 saturated heterocycles. The molecule has 1 aromatic carbocycles. The average molecular weight is 195 g/mol.